The number of fused-ring (bicyclic) bond motifs is 1. The molecule has 0 saturated heterocycles. The molecule has 5 heteroatoms. The largest absolute Gasteiger partial charge is 0.276 e. The van der Waals surface area contributed by atoms with Crippen molar-refractivity contribution < 1.29 is 8.78 Å². The molecule has 1 aromatic carbocycles. The Bertz CT molecular complexity index is 691. The first-order valence-corrected chi connectivity index (χ1v) is 5.41. The number of alkyl halides is 2. The maximum absolute atomic E-state index is 12.6. The zero-order chi connectivity index (χ0) is 12.5. The Morgan fingerprint density at radius 2 is 1.94 bits per heavy atom. The predicted molar refractivity (Wildman–Crippen MR) is 64.3 cm³/mol. The molecule has 1 N–H and O–H groups in total. The number of aromatic amines is 1. The number of pyridine rings is 1. The van der Waals surface area contributed by atoms with Gasteiger partial charge in [-0.3, -0.25) is 10.1 Å². The van der Waals surface area contributed by atoms with Crippen LogP contribution in [0.2, 0.25) is 0 Å². The average Bonchev–Trinajstić information content (AvgIpc) is 2.86. The Hall–Kier alpha value is -2.30. The molecule has 0 atom stereocenters. The number of hydrogen-bond donors (Lipinski definition) is 1. The molecule has 90 valence electrons. The van der Waals surface area contributed by atoms with Crippen molar-refractivity contribution in [3.8, 4) is 11.1 Å². The highest BCUT2D eigenvalue weighted by atomic mass is 19.3. The first kappa shape index (κ1) is 10.8. The molecule has 2 aromatic heterocycles. The number of nitrogens with one attached hydrogen (secondary N) is 1. The van der Waals surface area contributed by atoms with Gasteiger partial charge in [-0.1, -0.05) is 18.2 Å². The van der Waals surface area contributed by atoms with E-state index in [9.17, 15) is 8.78 Å². The maximum atomic E-state index is 12.6. The summed E-state index contributed by atoms with van der Waals surface area (Å²) >= 11 is 0. The van der Waals surface area contributed by atoms with Gasteiger partial charge >= 0.3 is 0 Å². The fourth-order valence-electron chi connectivity index (χ4n) is 1.84. The first-order chi connectivity index (χ1) is 8.74. The number of hydrogen-bond acceptors (Lipinski definition) is 2. The summed E-state index contributed by atoms with van der Waals surface area (Å²) in [6, 6.07) is 8.14. The second-order valence-corrected chi connectivity index (χ2v) is 3.95. The minimum Gasteiger partial charge on any atom is -0.276 e. The van der Waals surface area contributed by atoms with E-state index in [-0.39, 0.29) is 5.56 Å². The van der Waals surface area contributed by atoms with Gasteiger partial charge in [-0.05, 0) is 17.7 Å². The van der Waals surface area contributed by atoms with Crippen LogP contribution in [0.3, 0.4) is 0 Å². The van der Waals surface area contributed by atoms with E-state index in [2.05, 4.69) is 15.2 Å². The molecule has 18 heavy (non-hydrogen) atoms. The maximum Gasteiger partial charge on any atom is 0.263 e. The van der Waals surface area contributed by atoms with Crippen LogP contribution in [0.1, 0.15) is 12.0 Å². The molecule has 0 amide bonds. The molecule has 0 aliphatic carbocycles. The van der Waals surface area contributed by atoms with Gasteiger partial charge in [-0.25, -0.2) is 8.78 Å². The van der Waals surface area contributed by atoms with Crippen LogP contribution >= 0.6 is 0 Å². The summed E-state index contributed by atoms with van der Waals surface area (Å²) in [6.45, 7) is 0. The van der Waals surface area contributed by atoms with Crippen LogP contribution in [-0.2, 0) is 0 Å². The lowest BCUT2D eigenvalue weighted by Gasteiger charge is -2.04. The summed E-state index contributed by atoms with van der Waals surface area (Å²) < 4.78 is 25.3. The number of halogens is 2. The predicted octanol–water partition coefficient (Wildman–Crippen LogP) is 3.56. The second-order valence-electron chi connectivity index (χ2n) is 3.95. The standard InChI is InChI=1S/C13H9F2N3/c14-13(15)9-3-1-2-8(4-9)10-5-11-12(16-6-10)7-17-18-11/h1-7,13H,(H,17,18). The topological polar surface area (TPSA) is 41.6 Å². The number of rotatable bonds is 2. The molecule has 0 saturated carbocycles. The minimum absolute atomic E-state index is 0.0113. The van der Waals surface area contributed by atoms with Gasteiger partial charge in [-0.15, -0.1) is 0 Å². The van der Waals surface area contributed by atoms with Crippen molar-refractivity contribution in [2.75, 3.05) is 0 Å². The minimum atomic E-state index is -2.46. The van der Waals surface area contributed by atoms with E-state index in [0.29, 0.717) is 0 Å². The second kappa shape index (κ2) is 4.18. The number of aromatic nitrogens is 3. The van der Waals surface area contributed by atoms with Crippen LogP contribution < -0.4 is 0 Å². The third-order valence-electron chi connectivity index (χ3n) is 2.76. The smallest absolute Gasteiger partial charge is 0.263 e. The van der Waals surface area contributed by atoms with Crippen LogP contribution in [0, 0.1) is 0 Å². The molecule has 0 spiro atoms. The fraction of sp³-hybridized carbons (Fsp3) is 0.0769. The molecule has 0 radical (unpaired) electrons. The molecular formula is C13H9F2N3. The molecule has 0 aliphatic heterocycles. The highest BCUT2D eigenvalue weighted by molar-refractivity contribution is 5.79. The van der Waals surface area contributed by atoms with E-state index in [1.165, 1.54) is 12.1 Å². The summed E-state index contributed by atoms with van der Waals surface area (Å²) in [4.78, 5) is 4.21. The third-order valence-corrected chi connectivity index (χ3v) is 2.76. The van der Waals surface area contributed by atoms with Gasteiger partial charge in [0.15, 0.2) is 0 Å². The van der Waals surface area contributed by atoms with Gasteiger partial charge < -0.3 is 0 Å². The van der Waals surface area contributed by atoms with Crippen LogP contribution in [-0.4, -0.2) is 15.2 Å². The average molecular weight is 245 g/mol. The Morgan fingerprint density at radius 3 is 2.78 bits per heavy atom. The Morgan fingerprint density at radius 1 is 1.06 bits per heavy atom. The quantitative estimate of drug-likeness (QED) is 0.750. The van der Waals surface area contributed by atoms with E-state index >= 15 is 0 Å². The molecule has 0 unspecified atom stereocenters. The summed E-state index contributed by atoms with van der Waals surface area (Å²) in [5.41, 5.74) is 3.06. The van der Waals surface area contributed by atoms with Crippen molar-refractivity contribution in [1.82, 2.24) is 15.2 Å². The van der Waals surface area contributed by atoms with E-state index < -0.39 is 6.43 Å². The van der Waals surface area contributed by atoms with Crippen molar-refractivity contribution in [3.05, 3.63) is 48.3 Å². The van der Waals surface area contributed by atoms with E-state index in [1.54, 1.807) is 24.5 Å². The van der Waals surface area contributed by atoms with Crippen molar-refractivity contribution in [2.45, 2.75) is 6.43 Å². The van der Waals surface area contributed by atoms with Crippen LogP contribution in [0.15, 0.2) is 42.7 Å². The summed E-state index contributed by atoms with van der Waals surface area (Å²) in [5.74, 6) is 0. The van der Waals surface area contributed by atoms with Crippen molar-refractivity contribution >= 4 is 11.0 Å². The normalized spacial score (nSPS) is 11.3. The molecule has 0 fully saturated rings. The third kappa shape index (κ3) is 1.84. The van der Waals surface area contributed by atoms with Gasteiger partial charge in [0, 0.05) is 17.3 Å². The number of H-pyrrole nitrogens is 1. The van der Waals surface area contributed by atoms with Gasteiger partial charge in [0.05, 0.1) is 11.7 Å². The van der Waals surface area contributed by atoms with Crippen LogP contribution in [0.25, 0.3) is 22.2 Å². The molecular weight excluding hydrogens is 236 g/mol. The summed E-state index contributed by atoms with van der Waals surface area (Å²) in [6.07, 6.45) is 0.811. The van der Waals surface area contributed by atoms with Gasteiger partial charge in [0.25, 0.3) is 6.43 Å². The lowest BCUT2D eigenvalue weighted by Crippen LogP contribution is -1.86. The molecule has 2 heterocycles. The van der Waals surface area contributed by atoms with Crippen LogP contribution in [0.5, 0.6) is 0 Å². The number of nitrogens with zero attached hydrogens (tertiary/aromatic N) is 2. The molecule has 0 bridgehead atoms. The lowest BCUT2D eigenvalue weighted by molar-refractivity contribution is 0.151. The molecule has 3 rings (SSSR count). The first-order valence-electron chi connectivity index (χ1n) is 5.41. The van der Waals surface area contributed by atoms with Crippen molar-refractivity contribution in [3.63, 3.8) is 0 Å². The summed E-state index contributed by atoms with van der Waals surface area (Å²) in [5, 5.41) is 6.68. The lowest BCUT2D eigenvalue weighted by atomic mass is 10.0. The highest BCUT2D eigenvalue weighted by Gasteiger charge is 2.08. The highest BCUT2D eigenvalue weighted by Crippen LogP contribution is 2.26. The van der Waals surface area contributed by atoms with E-state index in [0.717, 1.165) is 22.2 Å². The Balaban J connectivity index is 2.10. The van der Waals surface area contributed by atoms with Crippen molar-refractivity contribution in [1.29, 1.82) is 0 Å². The zero-order valence-corrected chi connectivity index (χ0v) is 9.27. The SMILES string of the molecule is FC(F)c1cccc(-c2cnc3cn[nH]c3c2)c1. The van der Waals surface area contributed by atoms with Crippen LogP contribution in [0.4, 0.5) is 8.78 Å². The van der Waals surface area contributed by atoms with E-state index in [1.807, 2.05) is 6.07 Å². The van der Waals surface area contributed by atoms with Gasteiger partial charge in [-0.2, -0.15) is 5.10 Å². The van der Waals surface area contributed by atoms with Gasteiger partial charge in [0.2, 0.25) is 0 Å². The molecule has 3 aromatic rings. The van der Waals surface area contributed by atoms with Crippen molar-refractivity contribution in [2.24, 2.45) is 0 Å². The fourth-order valence-corrected chi connectivity index (χ4v) is 1.84. The number of benzene rings is 1. The Kier molecular flexibility index (Phi) is 2.51. The summed E-state index contributed by atoms with van der Waals surface area (Å²) in [7, 11) is 0. The monoisotopic (exact) mass is 245 g/mol. The van der Waals surface area contributed by atoms with E-state index in [4.69, 9.17) is 0 Å². The van der Waals surface area contributed by atoms with Gasteiger partial charge in [0.1, 0.15) is 5.52 Å². The Labute approximate surface area is 101 Å². The molecule has 0 aliphatic rings. The zero-order valence-electron chi connectivity index (χ0n) is 9.27. The molecule has 3 nitrogen and oxygen atoms in total.